The number of pyridine rings is 1. The van der Waals surface area contributed by atoms with Gasteiger partial charge in [0.25, 0.3) is 0 Å². The summed E-state index contributed by atoms with van der Waals surface area (Å²) in [5.74, 6) is -0.905. The lowest BCUT2D eigenvalue weighted by Gasteiger charge is -2.31. The van der Waals surface area contributed by atoms with E-state index in [-0.39, 0.29) is 18.7 Å². The van der Waals surface area contributed by atoms with Crippen LogP contribution >= 0.6 is 0 Å². The monoisotopic (exact) mass is 325 g/mol. The topological polar surface area (TPSA) is 82.5 Å². The number of aromatic nitrogens is 1. The van der Waals surface area contributed by atoms with Crippen LogP contribution in [0.5, 0.6) is 0 Å². The predicted molar refractivity (Wildman–Crippen MR) is 91.5 cm³/mol. The SMILES string of the molecule is O=C(O)CCC(=O)Nc1ccc(N2CCCc3ccccc32)cn1. The average Bonchev–Trinajstić information content (AvgIpc) is 2.60. The summed E-state index contributed by atoms with van der Waals surface area (Å²) in [6.45, 7) is 0.934. The molecule has 1 aromatic heterocycles. The normalized spacial score (nSPS) is 13.2. The highest BCUT2D eigenvalue weighted by Crippen LogP contribution is 2.33. The van der Waals surface area contributed by atoms with E-state index < -0.39 is 5.97 Å². The Morgan fingerprint density at radius 1 is 1.17 bits per heavy atom. The molecule has 0 saturated carbocycles. The molecule has 2 heterocycles. The highest BCUT2D eigenvalue weighted by molar-refractivity contribution is 5.91. The summed E-state index contributed by atoms with van der Waals surface area (Å²) in [7, 11) is 0. The van der Waals surface area contributed by atoms with E-state index in [0.717, 1.165) is 25.1 Å². The quantitative estimate of drug-likeness (QED) is 0.883. The standard InChI is InChI=1S/C18H19N3O3/c22-17(9-10-18(23)24)20-16-8-7-14(12-19-16)21-11-3-5-13-4-1-2-6-15(13)21/h1-2,4,6-8,12H,3,5,9-11H2,(H,23,24)(H,19,20,22). The second kappa shape index (κ2) is 7.12. The first-order valence-corrected chi connectivity index (χ1v) is 7.96. The minimum absolute atomic E-state index is 0.0573. The predicted octanol–water partition coefficient (Wildman–Crippen LogP) is 2.97. The lowest BCUT2D eigenvalue weighted by atomic mass is 10.0. The van der Waals surface area contributed by atoms with Crippen molar-refractivity contribution >= 4 is 29.1 Å². The van der Waals surface area contributed by atoms with Crippen LogP contribution in [0.25, 0.3) is 0 Å². The van der Waals surface area contributed by atoms with Crippen molar-refractivity contribution < 1.29 is 14.7 Å². The summed E-state index contributed by atoms with van der Waals surface area (Å²) in [5.41, 5.74) is 3.50. The van der Waals surface area contributed by atoms with Crippen LogP contribution in [0, 0.1) is 0 Å². The number of rotatable bonds is 5. The number of fused-ring (bicyclic) bond motifs is 1. The highest BCUT2D eigenvalue weighted by Gasteiger charge is 2.18. The third-order valence-electron chi connectivity index (χ3n) is 4.00. The van der Waals surface area contributed by atoms with Gasteiger partial charge in [-0.1, -0.05) is 18.2 Å². The van der Waals surface area contributed by atoms with Gasteiger partial charge in [-0.05, 0) is 36.6 Å². The summed E-state index contributed by atoms with van der Waals surface area (Å²) in [4.78, 5) is 28.6. The van der Waals surface area contributed by atoms with Crippen molar-refractivity contribution in [2.75, 3.05) is 16.8 Å². The number of benzene rings is 1. The summed E-state index contributed by atoms with van der Waals surface area (Å²) in [6, 6.07) is 12.0. The molecule has 1 amide bonds. The maximum atomic E-state index is 11.6. The number of hydrogen-bond acceptors (Lipinski definition) is 4. The number of anilines is 3. The Morgan fingerprint density at radius 2 is 2.00 bits per heavy atom. The molecule has 0 atom stereocenters. The van der Waals surface area contributed by atoms with Gasteiger partial charge < -0.3 is 15.3 Å². The molecule has 2 N–H and O–H groups in total. The molecule has 0 unspecified atom stereocenters. The molecule has 0 spiro atoms. The summed E-state index contributed by atoms with van der Waals surface area (Å²) >= 11 is 0. The molecule has 2 aromatic rings. The lowest BCUT2D eigenvalue weighted by molar-refractivity contribution is -0.138. The first-order valence-electron chi connectivity index (χ1n) is 7.96. The highest BCUT2D eigenvalue weighted by atomic mass is 16.4. The van der Waals surface area contributed by atoms with Crippen molar-refractivity contribution in [3.63, 3.8) is 0 Å². The van der Waals surface area contributed by atoms with E-state index >= 15 is 0 Å². The van der Waals surface area contributed by atoms with Gasteiger partial charge in [0.1, 0.15) is 5.82 Å². The van der Waals surface area contributed by atoms with E-state index in [1.165, 1.54) is 11.3 Å². The first kappa shape index (κ1) is 16.0. The number of carbonyl (C=O) groups is 2. The summed E-state index contributed by atoms with van der Waals surface area (Å²) < 4.78 is 0. The molecule has 0 fully saturated rings. The van der Waals surface area contributed by atoms with Gasteiger partial charge in [0.15, 0.2) is 0 Å². The molecule has 6 nitrogen and oxygen atoms in total. The van der Waals surface area contributed by atoms with Gasteiger partial charge >= 0.3 is 5.97 Å². The Hall–Kier alpha value is -2.89. The molecule has 24 heavy (non-hydrogen) atoms. The molecule has 0 aliphatic carbocycles. The second-order valence-electron chi connectivity index (χ2n) is 5.73. The Labute approximate surface area is 140 Å². The molecule has 6 heteroatoms. The van der Waals surface area contributed by atoms with Gasteiger partial charge in [-0.3, -0.25) is 9.59 Å². The first-order chi connectivity index (χ1) is 11.6. The van der Waals surface area contributed by atoms with Crippen LogP contribution < -0.4 is 10.2 Å². The number of amides is 1. The lowest BCUT2D eigenvalue weighted by Crippen LogP contribution is -2.24. The number of nitrogens with one attached hydrogen (secondary N) is 1. The number of carbonyl (C=O) groups excluding carboxylic acids is 1. The Kier molecular flexibility index (Phi) is 4.74. The van der Waals surface area contributed by atoms with Crippen LogP contribution in [0.4, 0.5) is 17.2 Å². The number of carboxylic acids is 1. The number of carboxylic acid groups (broad SMARTS) is 1. The number of para-hydroxylation sites is 1. The third kappa shape index (κ3) is 3.71. The number of hydrogen-bond donors (Lipinski definition) is 2. The van der Waals surface area contributed by atoms with Crippen LogP contribution in [-0.4, -0.2) is 28.5 Å². The van der Waals surface area contributed by atoms with Crippen LogP contribution in [0.15, 0.2) is 42.6 Å². The van der Waals surface area contributed by atoms with Gasteiger partial charge in [-0.15, -0.1) is 0 Å². The van der Waals surface area contributed by atoms with Crippen molar-refractivity contribution in [3.05, 3.63) is 48.2 Å². The molecular weight excluding hydrogens is 306 g/mol. The molecule has 1 aliphatic rings. The van der Waals surface area contributed by atoms with E-state index in [4.69, 9.17) is 5.11 Å². The smallest absolute Gasteiger partial charge is 0.303 e. The Bertz CT molecular complexity index is 743. The number of nitrogens with zero attached hydrogens (tertiary/aromatic N) is 2. The zero-order valence-corrected chi connectivity index (χ0v) is 13.2. The molecular formula is C18H19N3O3. The van der Waals surface area contributed by atoms with Crippen molar-refractivity contribution in [2.24, 2.45) is 0 Å². The number of aliphatic carboxylic acids is 1. The van der Waals surface area contributed by atoms with Gasteiger partial charge in [-0.25, -0.2) is 4.98 Å². The van der Waals surface area contributed by atoms with Crippen LogP contribution in [0.1, 0.15) is 24.8 Å². The maximum Gasteiger partial charge on any atom is 0.303 e. The maximum absolute atomic E-state index is 11.6. The van der Waals surface area contributed by atoms with Gasteiger partial charge in [0.2, 0.25) is 5.91 Å². The molecule has 3 rings (SSSR count). The molecule has 1 aliphatic heterocycles. The van der Waals surface area contributed by atoms with Gasteiger partial charge in [0, 0.05) is 18.7 Å². The average molecular weight is 325 g/mol. The van der Waals surface area contributed by atoms with E-state index in [2.05, 4.69) is 33.4 Å². The zero-order chi connectivity index (χ0) is 16.9. The molecule has 1 aromatic carbocycles. The van der Waals surface area contributed by atoms with Crippen molar-refractivity contribution in [1.29, 1.82) is 0 Å². The van der Waals surface area contributed by atoms with Crippen molar-refractivity contribution in [1.82, 2.24) is 4.98 Å². The van der Waals surface area contributed by atoms with Crippen LogP contribution in [0.3, 0.4) is 0 Å². The molecule has 0 radical (unpaired) electrons. The third-order valence-corrected chi connectivity index (χ3v) is 4.00. The fourth-order valence-electron chi connectivity index (χ4n) is 2.85. The molecule has 124 valence electrons. The van der Waals surface area contributed by atoms with Crippen LogP contribution in [0.2, 0.25) is 0 Å². The van der Waals surface area contributed by atoms with Gasteiger partial charge in [-0.2, -0.15) is 0 Å². The Morgan fingerprint density at radius 3 is 2.75 bits per heavy atom. The summed E-state index contributed by atoms with van der Waals surface area (Å²) in [6.07, 6.45) is 3.66. The van der Waals surface area contributed by atoms with E-state index in [1.54, 1.807) is 12.3 Å². The zero-order valence-electron chi connectivity index (χ0n) is 13.2. The minimum atomic E-state index is -0.989. The van der Waals surface area contributed by atoms with Crippen molar-refractivity contribution in [2.45, 2.75) is 25.7 Å². The Balaban J connectivity index is 1.69. The molecule has 0 saturated heterocycles. The van der Waals surface area contributed by atoms with E-state index in [0.29, 0.717) is 5.82 Å². The second-order valence-corrected chi connectivity index (χ2v) is 5.73. The van der Waals surface area contributed by atoms with Crippen LogP contribution in [-0.2, 0) is 16.0 Å². The fourth-order valence-corrected chi connectivity index (χ4v) is 2.85. The van der Waals surface area contributed by atoms with Crippen molar-refractivity contribution in [3.8, 4) is 0 Å². The van der Waals surface area contributed by atoms with E-state index in [1.807, 2.05) is 12.1 Å². The fraction of sp³-hybridized carbons (Fsp3) is 0.278. The van der Waals surface area contributed by atoms with E-state index in [9.17, 15) is 9.59 Å². The summed E-state index contributed by atoms with van der Waals surface area (Å²) in [5, 5.41) is 11.2. The molecule has 0 bridgehead atoms. The largest absolute Gasteiger partial charge is 0.481 e. The van der Waals surface area contributed by atoms with Gasteiger partial charge in [0.05, 0.1) is 18.3 Å². The number of aryl methyl sites for hydroxylation is 1. The minimum Gasteiger partial charge on any atom is -0.481 e.